The molecule has 74 valence electrons. The first-order chi connectivity index (χ1) is 6.22. The van der Waals surface area contributed by atoms with Crippen molar-refractivity contribution in [2.24, 2.45) is 5.92 Å². The highest BCUT2D eigenvalue weighted by Crippen LogP contribution is 2.13. The SMILES string of the molecule is CC(C)CC(CO)Nc1nncs1. The Balaban J connectivity index is 2.40. The van der Waals surface area contributed by atoms with Crippen molar-refractivity contribution in [2.45, 2.75) is 26.3 Å². The molecule has 1 aromatic heterocycles. The van der Waals surface area contributed by atoms with Crippen molar-refractivity contribution in [2.75, 3.05) is 11.9 Å². The lowest BCUT2D eigenvalue weighted by Crippen LogP contribution is -2.25. The van der Waals surface area contributed by atoms with E-state index < -0.39 is 0 Å². The van der Waals surface area contributed by atoms with Crippen LogP contribution in [0.15, 0.2) is 5.51 Å². The quantitative estimate of drug-likeness (QED) is 0.755. The molecular weight excluding hydrogens is 186 g/mol. The zero-order valence-electron chi connectivity index (χ0n) is 7.90. The van der Waals surface area contributed by atoms with Crippen LogP contribution in [-0.4, -0.2) is 28.0 Å². The minimum atomic E-state index is 0.0907. The number of anilines is 1. The molecular formula is C8H15N3OS. The Labute approximate surface area is 82.0 Å². The van der Waals surface area contributed by atoms with Gasteiger partial charge in [-0.05, 0) is 12.3 Å². The number of nitrogens with zero attached hydrogens (tertiary/aromatic N) is 2. The summed E-state index contributed by atoms with van der Waals surface area (Å²) < 4.78 is 0. The molecule has 0 saturated heterocycles. The fourth-order valence-corrected chi connectivity index (χ4v) is 1.68. The fourth-order valence-electron chi connectivity index (χ4n) is 1.16. The van der Waals surface area contributed by atoms with Crippen LogP contribution >= 0.6 is 11.3 Å². The molecule has 0 fully saturated rings. The lowest BCUT2D eigenvalue weighted by atomic mass is 10.1. The molecule has 13 heavy (non-hydrogen) atoms. The van der Waals surface area contributed by atoms with E-state index in [1.807, 2.05) is 0 Å². The van der Waals surface area contributed by atoms with Gasteiger partial charge in [0.05, 0.1) is 12.6 Å². The lowest BCUT2D eigenvalue weighted by molar-refractivity contribution is 0.259. The minimum absolute atomic E-state index is 0.0907. The summed E-state index contributed by atoms with van der Waals surface area (Å²) in [5, 5.41) is 20.6. The van der Waals surface area contributed by atoms with E-state index >= 15 is 0 Å². The summed E-state index contributed by atoms with van der Waals surface area (Å²) in [5.74, 6) is 0.567. The molecule has 0 amide bonds. The molecule has 0 aliphatic rings. The summed E-state index contributed by atoms with van der Waals surface area (Å²) in [6.07, 6.45) is 0.941. The molecule has 0 radical (unpaired) electrons. The topological polar surface area (TPSA) is 58.0 Å². The molecule has 0 aliphatic heterocycles. The largest absolute Gasteiger partial charge is 0.394 e. The summed E-state index contributed by atoms with van der Waals surface area (Å²) in [4.78, 5) is 0. The van der Waals surface area contributed by atoms with Gasteiger partial charge < -0.3 is 10.4 Å². The minimum Gasteiger partial charge on any atom is -0.394 e. The second kappa shape index (κ2) is 5.14. The van der Waals surface area contributed by atoms with Crippen molar-refractivity contribution in [3.8, 4) is 0 Å². The molecule has 0 bridgehead atoms. The van der Waals surface area contributed by atoms with Crippen molar-refractivity contribution >= 4 is 16.5 Å². The van der Waals surface area contributed by atoms with Gasteiger partial charge in [0.25, 0.3) is 0 Å². The molecule has 5 heteroatoms. The maximum Gasteiger partial charge on any atom is 0.205 e. The average molecular weight is 201 g/mol. The normalized spacial score (nSPS) is 13.2. The molecule has 4 nitrogen and oxygen atoms in total. The molecule has 0 saturated carbocycles. The Morgan fingerprint density at radius 2 is 2.38 bits per heavy atom. The number of aliphatic hydroxyl groups is 1. The summed E-state index contributed by atoms with van der Waals surface area (Å²) >= 11 is 1.45. The van der Waals surface area contributed by atoms with Crippen molar-refractivity contribution < 1.29 is 5.11 Å². The molecule has 1 rings (SSSR count). The van der Waals surface area contributed by atoms with E-state index in [-0.39, 0.29) is 12.6 Å². The highest BCUT2D eigenvalue weighted by atomic mass is 32.1. The van der Waals surface area contributed by atoms with Crippen LogP contribution in [0.5, 0.6) is 0 Å². The predicted octanol–water partition coefficient (Wildman–Crippen LogP) is 1.36. The Bertz CT molecular complexity index is 225. The van der Waals surface area contributed by atoms with Gasteiger partial charge in [-0.2, -0.15) is 0 Å². The van der Waals surface area contributed by atoms with Crippen LogP contribution in [0.1, 0.15) is 20.3 Å². The van der Waals surface area contributed by atoms with Gasteiger partial charge in [-0.15, -0.1) is 10.2 Å². The smallest absolute Gasteiger partial charge is 0.205 e. The van der Waals surface area contributed by atoms with E-state index in [0.717, 1.165) is 11.6 Å². The number of aromatic nitrogens is 2. The van der Waals surface area contributed by atoms with Crippen molar-refractivity contribution in [3.63, 3.8) is 0 Å². The van der Waals surface area contributed by atoms with E-state index in [2.05, 4.69) is 29.4 Å². The van der Waals surface area contributed by atoms with Gasteiger partial charge in [-0.25, -0.2) is 0 Å². The molecule has 1 atom stereocenters. The van der Waals surface area contributed by atoms with Crippen LogP contribution in [0.3, 0.4) is 0 Å². The number of hydrogen-bond donors (Lipinski definition) is 2. The van der Waals surface area contributed by atoms with Crippen LogP contribution in [0.4, 0.5) is 5.13 Å². The standard InChI is InChI=1S/C8H15N3OS/c1-6(2)3-7(4-12)10-8-11-9-5-13-8/h5-7,12H,3-4H2,1-2H3,(H,10,11). The van der Waals surface area contributed by atoms with E-state index in [1.165, 1.54) is 11.3 Å². The first-order valence-electron chi connectivity index (χ1n) is 4.36. The maximum absolute atomic E-state index is 9.07. The van der Waals surface area contributed by atoms with E-state index in [4.69, 9.17) is 5.11 Å². The predicted molar refractivity (Wildman–Crippen MR) is 53.9 cm³/mol. The second-order valence-electron chi connectivity index (χ2n) is 3.40. The van der Waals surface area contributed by atoms with Crippen LogP contribution in [-0.2, 0) is 0 Å². The van der Waals surface area contributed by atoms with Gasteiger partial charge in [-0.1, -0.05) is 25.2 Å². The van der Waals surface area contributed by atoms with Gasteiger partial charge in [0.2, 0.25) is 5.13 Å². The van der Waals surface area contributed by atoms with Crippen molar-refractivity contribution in [1.82, 2.24) is 10.2 Å². The highest BCUT2D eigenvalue weighted by molar-refractivity contribution is 7.13. The fraction of sp³-hybridized carbons (Fsp3) is 0.750. The van der Waals surface area contributed by atoms with E-state index in [9.17, 15) is 0 Å². The van der Waals surface area contributed by atoms with Gasteiger partial charge in [-0.3, -0.25) is 0 Å². The van der Waals surface area contributed by atoms with Crippen molar-refractivity contribution in [3.05, 3.63) is 5.51 Å². The van der Waals surface area contributed by atoms with Gasteiger partial charge in [0.15, 0.2) is 0 Å². The third-order valence-electron chi connectivity index (χ3n) is 1.66. The number of nitrogens with one attached hydrogen (secondary N) is 1. The van der Waals surface area contributed by atoms with Crippen LogP contribution in [0.2, 0.25) is 0 Å². The monoisotopic (exact) mass is 201 g/mol. The molecule has 1 aromatic rings. The third-order valence-corrected chi connectivity index (χ3v) is 2.29. The zero-order valence-corrected chi connectivity index (χ0v) is 8.71. The number of aliphatic hydroxyl groups excluding tert-OH is 1. The van der Waals surface area contributed by atoms with Crippen LogP contribution in [0.25, 0.3) is 0 Å². The second-order valence-corrected chi connectivity index (χ2v) is 4.23. The number of hydrogen-bond acceptors (Lipinski definition) is 5. The van der Waals surface area contributed by atoms with Gasteiger partial charge in [0, 0.05) is 0 Å². The maximum atomic E-state index is 9.07. The summed E-state index contributed by atoms with van der Waals surface area (Å²) in [5.41, 5.74) is 1.67. The first kappa shape index (κ1) is 10.4. The summed E-state index contributed by atoms with van der Waals surface area (Å²) in [6, 6.07) is 0.0907. The molecule has 2 N–H and O–H groups in total. The van der Waals surface area contributed by atoms with Crippen LogP contribution < -0.4 is 5.32 Å². The number of rotatable bonds is 5. The van der Waals surface area contributed by atoms with Gasteiger partial charge in [0.1, 0.15) is 5.51 Å². The highest BCUT2D eigenvalue weighted by Gasteiger charge is 2.10. The van der Waals surface area contributed by atoms with E-state index in [0.29, 0.717) is 5.92 Å². The van der Waals surface area contributed by atoms with Crippen LogP contribution in [0, 0.1) is 5.92 Å². The van der Waals surface area contributed by atoms with Crippen molar-refractivity contribution in [1.29, 1.82) is 0 Å². The first-order valence-corrected chi connectivity index (χ1v) is 5.24. The lowest BCUT2D eigenvalue weighted by Gasteiger charge is -2.16. The third kappa shape index (κ3) is 3.69. The molecule has 1 unspecified atom stereocenters. The molecule has 0 spiro atoms. The molecule has 0 aromatic carbocycles. The Hall–Kier alpha value is -0.680. The Morgan fingerprint density at radius 1 is 1.62 bits per heavy atom. The molecule has 1 heterocycles. The Morgan fingerprint density at radius 3 is 2.85 bits per heavy atom. The molecule has 0 aliphatic carbocycles. The van der Waals surface area contributed by atoms with E-state index in [1.54, 1.807) is 5.51 Å². The summed E-state index contributed by atoms with van der Waals surface area (Å²) in [7, 11) is 0. The zero-order chi connectivity index (χ0) is 9.68. The van der Waals surface area contributed by atoms with Gasteiger partial charge >= 0.3 is 0 Å². The average Bonchev–Trinajstić information content (AvgIpc) is 2.55. The Kier molecular flexibility index (Phi) is 4.11. The summed E-state index contributed by atoms with van der Waals surface area (Å²) in [6.45, 7) is 4.40.